The third kappa shape index (κ3) is 6.88. The summed E-state index contributed by atoms with van der Waals surface area (Å²) < 4.78 is 37.0. The van der Waals surface area contributed by atoms with Gasteiger partial charge in [-0.1, -0.05) is 11.6 Å². The molecule has 150 valence electrons. The van der Waals surface area contributed by atoms with E-state index in [9.17, 15) is 13.2 Å². The lowest BCUT2D eigenvalue weighted by Gasteiger charge is -2.13. The number of benzene rings is 1. The molecule has 27 heavy (non-hydrogen) atoms. The monoisotopic (exact) mass is 396 g/mol. The Balaban J connectivity index is 1.78. The van der Waals surface area contributed by atoms with Crippen molar-refractivity contribution in [2.24, 2.45) is 0 Å². The average Bonchev–Trinajstić information content (AvgIpc) is 2.67. The average molecular weight is 397 g/mol. The van der Waals surface area contributed by atoms with Crippen molar-refractivity contribution in [3.8, 4) is 11.5 Å². The van der Waals surface area contributed by atoms with E-state index in [-0.39, 0.29) is 12.3 Å². The molecule has 0 spiro atoms. The Labute approximate surface area is 161 Å². The van der Waals surface area contributed by atoms with Gasteiger partial charge in [-0.15, -0.1) is 0 Å². The van der Waals surface area contributed by atoms with E-state index in [1.165, 1.54) is 32.6 Å². The zero-order valence-electron chi connectivity index (χ0n) is 15.9. The number of hydrogen-bond donors (Lipinski definition) is 2. The van der Waals surface area contributed by atoms with Crippen LogP contribution in [0.3, 0.4) is 0 Å². The highest BCUT2D eigenvalue weighted by Crippen LogP contribution is 2.24. The van der Waals surface area contributed by atoms with Crippen LogP contribution < -0.4 is 19.5 Å². The molecule has 8 heteroatoms. The highest BCUT2D eigenvalue weighted by Gasteiger charge is 2.15. The van der Waals surface area contributed by atoms with Crippen LogP contribution in [0.25, 0.3) is 0 Å². The van der Waals surface area contributed by atoms with Crippen LogP contribution in [0.1, 0.15) is 42.5 Å². The van der Waals surface area contributed by atoms with Crippen molar-refractivity contribution in [1.82, 2.24) is 10.0 Å². The molecule has 0 fully saturated rings. The highest BCUT2D eigenvalue weighted by molar-refractivity contribution is 7.89. The molecular weight excluding hydrogens is 368 g/mol. The number of ether oxygens (including phenoxy) is 2. The number of methoxy groups -OCH3 is 2. The van der Waals surface area contributed by atoms with Gasteiger partial charge in [0.05, 0.1) is 25.5 Å². The number of carbonyl (C=O) groups is 1. The van der Waals surface area contributed by atoms with Gasteiger partial charge < -0.3 is 14.8 Å². The van der Waals surface area contributed by atoms with E-state index in [1.807, 2.05) is 0 Å². The van der Waals surface area contributed by atoms with Gasteiger partial charge in [0.1, 0.15) is 11.5 Å². The summed E-state index contributed by atoms with van der Waals surface area (Å²) in [4.78, 5) is 12.3. The second kappa shape index (κ2) is 10.3. The van der Waals surface area contributed by atoms with Gasteiger partial charge in [-0.05, 0) is 44.2 Å². The standard InChI is InChI=1S/C19H28N2O5S/c1-25-16-8-9-17(18(14-16)26-2)19(22)20-12-13-27(23,24)21-11-10-15-6-4-3-5-7-15/h6,8-9,14,21H,3-5,7,10-13H2,1-2H3,(H,20,22). The first kappa shape index (κ1) is 21.2. The first-order valence-electron chi connectivity index (χ1n) is 9.10. The predicted molar refractivity (Wildman–Crippen MR) is 105 cm³/mol. The molecule has 0 saturated carbocycles. The van der Waals surface area contributed by atoms with Gasteiger partial charge in [-0.2, -0.15) is 0 Å². The van der Waals surface area contributed by atoms with Gasteiger partial charge in [0.25, 0.3) is 5.91 Å². The van der Waals surface area contributed by atoms with Gasteiger partial charge in [0, 0.05) is 19.2 Å². The Bertz CT molecular complexity index is 774. The summed E-state index contributed by atoms with van der Waals surface area (Å²) in [5.74, 6) is 0.380. The van der Waals surface area contributed by atoms with Crippen LogP contribution >= 0.6 is 0 Å². The minimum atomic E-state index is -3.43. The lowest BCUT2D eigenvalue weighted by Crippen LogP contribution is -2.35. The molecule has 0 bridgehead atoms. The lowest BCUT2D eigenvalue weighted by atomic mass is 9.97. The predicted octanol–water partition coefficient (Wildman–Crippen LogP) is 2.24. The molecule has 0 aromatic heterocycles. The molecule has 0 aliphatic heterocycles. The van der Waals surface area contributed by atoms with E-state index in [0.29, 0.717) is 23.6 Å². The van der Waals surface area contributed by atoms with Crippen molar-refractivity contribution in [3.05, 3.63) is 35.4 Å². The summed E-state index contributed by atoms with van der Waals surface area (Å²) in [6.07, 6.45) is 7.49. The number of hydrogen-bond acceptors (Lipinski definition) is 5. The second-order valence-electron chi connectivity index (χ2n) is 6.39. The van der Waals surface area contributed by atoms with Gasteiger partial charge in [-0.3, -0.25) is 4.79 Å². The van der Waals surface area contributed by atoms with Crippen LogP contribution in [-0.4, -0.2) is 47.4 Å². The van der Waals surface area contributed by atoms with Crippen LogP contribution in [0.5, 0.6) is 11.5 Å². The zero-order chi connectivity index (χ0) is 19.7. The quantitative estimate of drug-likeness (QED) is 0.592. The maximum atomic E-state index is 12.3. The van der Waals surface area contributed by atoms with Crippen LogP contribution in [0.2, 0.25) is 0 Å². The fourth-order valence-corrected chi connectivity index (χ4v) is 3.88. The van der Waals surface area contributed by atoms with Crippen LogP contribution in [0, 0.1) is 0 Å². The van der Waals surface area contributed by atoms with Gasteiger partial charge in [0.2, 0.25) is 10.0 Å². The van der Waals surface area contributed by atoms with Crippen molar-refractivity contribution >= 4 is 15.9 Å². The van der Waals surface area contributed by atoms with Crippen molar-refractivity contribution in [1.29, 1.82) is 0 Å². The molecule has 0 saturated heterocycles. The smallest absolute Gasteiger partial charge is 0.255 e. The minimum Gasteiger partial charge on any atom is -0.497 e. The van der Waals surface area contributed by atoms with Crippen molar-refractivity contribution in [2.45, 2.75) is 32.1 Å². The third-order valence-electron chi connectivity index (χ3n) is 4.46. The van der Waals surface area contributed by atoms with E-state index in [4.69, 9.17) is 9.47 Å². The zero-order valence-corrected chi connectivity index (χ0v) is 16.7. The van der Waals surface area contributed by atoms with E-state index < -0.39 is 15.9 Å². The summed E-state index contributed by atoms with van der Waals surface area (Å²) in [5, 5.41) is 2.62. The summed E-state index contributed by atoms with van der Waals surface area (Å²) in [6, 6.07) is 4.83. The first-order valence-corrected chi connectivity index (χ1v) is 10.8. The molecule has 1 aliphatic carbocycles. The maximum absolute atomic E-state index is 12.3. The van der Waals surface area contributed by atoms with Gasteiger partial charge in [0.15, 0.2) is 0 Å². The lowest BCUT2D eigenvalue weighted by molar-refractivity contribution is 0.0953. The fraction of sp³-hybridized carbons (Fsp3) is 0.526. The van der Waals surface area contributed by atoms with Crippen LogP contribution in [0.15, 0.2) is 29.8 Å². The molecule has 2 rings (SSSR count). The van der Waals surface area contributed by atoms with Crippen molar-refractivity contribution in [2.75, 3.05) is 33.1 Å². The normalized spacial score (nSPS) is 14.4. The van der Waals surface area contributed by atoms with Crippen LogP contribution in [0.4, 0.5) is 0 Å². The number of carbonyl (C=O) groups excluding carboxylic acids is 1. The molecule has 0 radical (unpaired) electrons. The Kier molecular flexibility index (Phi) is 8.12. The summed E-state index contributed by atoms with van der Waals surface area (Å²) in [6.45, 7) is 0.417. The molecule has 0 atom stereocenters. The van der Waals surface area contributed by atoms with E-state index in [0.717, 1.165) is 19.3 Å². The molecule has 2 N–H and O–H groups in total. The Hall–Kier alpha value is -2.06. The number of nitrogens with one attached hydrogen (secondary N) is 2. The van der Waals surface area contributed by atoms with Crippen molar-refractivity contribution < 1.29 is 22.7 Å². The Morgan fingerprint density at radius 2 is 1.96 bits per heavy atom. The second-order valence-corrected chi connectivity index (χ2v) is 8.32. The number of sulfonamides is 1. The summed E-state index contributed by atoms with van der Waals surface area (Å²) >= 11 is 0. The van der Waals surface area contributed by atoms with Crippen molar-refractivity contribution in [3.63, 3.8) is 0 Å². The summed E-state index contributed by atoms with van der Waals surface area (Å²) in [5.41, 5.74) is 1.65. The summed E-state index contributed by atoms with van der Waals surface area (Å²) in [7, 11) is -0.445. The van der Waals surface area contributed by atoms with E-state index in [2.05, 4.69) is 16.1 Å². The number of amides is 1. The first-order chi connectivity index (χ1) is 12.9. The molecule has 0 heterocycles. The molecule has 1 aliphatic rings. The molecule has 1 aromatic carbocycles. The molecule has 1 aromatic rings. The highest BCUT2D eigenvalue weighted by atomic mass is 32.2. The maximum Gasteiger partial charge on any atom is 0.255 e. The fourth-order valence-electron chi connectivity index (χ4n) is 2.95. The van der Waals surface area contributed by atoms with Crippen LogP contribution in [-0.2, 0) is 10.0 Å². The minimum absolute atomic E-state index is 0.0199. The third-order valence-corrected chi connectivity index (χ3v) is 5.85. The number of rotatable bonds is 10. The van der Waals surface area contributed by atoms with E-state index in [1.54, 1.807) is 18.2 Å². The number of allylic oxidation sites excluding steroid dienone is 1. The molecule has 1 amide bonds. The molecular formula is C19H28N2O5S. The Morgan fingerprint density at radius 1 is 1.15 bits per heavy atom. The molecule has 0 unspecified atom stereocenters. The molecule has 7 nitrogen and oxygen atoms in total. The topological polar surface area (TPSA) is 93.7 Å². The SMILES string of the molecule is COc1ccc(C(=O)NCCS(=O)(=O)NCCC2=CCCCC2)c(OC)c1. The van der Waals surface area contributed by atoms with Gasteiger partial charge in [-0.25, -0.2) is 13.1 Å². The largest absolute Gasteiger partial charge is 0.497 e. The Morgan fingerprint density at radius 3 is 2.63 bits per heavy atom. The van der Waals surface area contributed by atoms with Gasteiger partial charge >= 0.3 is 0 Å². The van der Waals surface area contributed by atoms with E-state index >= 15 is 0 Å².